The van der Waals surface area contributed by atoms with Crippen molar-refractivity contribution >= 4 is 45.8 Å². The van der Waals surface area contributed by atoms with Gasteiger partial charge in [0.25, 0.3) is 0 Å². The second-order valence-corrected chi connectivity index (χ2v) is 7.86. The Balaban J connectivity index is 1.58. The van der Waals surface area contributed by atoms with Crippen molar-refractivity contribution in [2.45, 2.75) is 0 Å². The molecule has 0 fully saturated rings. The maximum Gasteiger partial charge on any atom is 0.323 e. The number of fused-ring (bicyclic) bond motifs is 1. The first kappa shape index (κ1) is 25.0. The molecule has 2 amide bonds. The van der Waals surface area contributed by atoms with Gasteiger partial charge in [-0.3, -0.25) is 4.79 Å². The Bertz CT molecular complexity index is 1450. The van der Waals surface area contributed by atoms with E-state index in [1.54, 1.807) is 13.2 Å². The molecule has 0 bridgehead atoms. The SMILES string of the molecule is COCCOc1cnc2ccc(C(=O)c3c(Cl)ccc(NC(=O)Nc4cccc(F)c4)c3F)cc2n1. The van der Waals surface area contributed by atoms with E-state index in [0.717, 1.165) is 6.07 Å². The standard InChI is InChI=1S/C25H19ClF2N4O4/c1-35-9-10-36-21-13-29-18-7-5-14(11-20(18)31-21)24(33)22-17(26)6-8-19(23(22)28)32-25(34)30-16-4-2-3-15(27)12-16/h2-8,11-13H,9-10H2,1H3,(H2,30,32,34). The highest BCUT2D eigenvalue weighted by Crippen LogP contribution is 2.29. The Labute approximate surface area is 209 Å². The van der Waals surface area contributed by atoms with Gasteiger partial charge in [0.15, 0.2) is 11.6 Å². The number of anilines is 2. The van der Waals surface area contributed by atoms with Crippen LogP contribution in [0.1, 0.15) is 15.9 Å². The predicted molar refractivity (Wildman–Crippen MR) is 131 cm³/mol. The van der Waals surface area contributed by atoms with Crippen molar-refractivity contribution in [2.24, 2.45) is 0 Å². The summed E-state index contributed by atoms with van der Waals surface area (Å²) in [6.07, 6.45) is 1.44. The molecule has 0 unspecified atom stereocenters. The second kappa shape index (κ2) is 11.1. The average molecular weight is 513 g/mol. The molecule has 184 valence electrons. The molecule has 0 saturated heterocycles. The molecule has 11 heteroatoms. The first-order valence-electron chi connectivity index (χ1n) is 10.6. The summed E-state index contributed by atoms with van der Waals surface area (Å²) in [5, 5.41) is 4.55. The van der Waals surface area contributed by atoms with Crippen molar-refractivity contribution in [3.8, 4) is 5.88 Å². The number of ketones is 1. The molecular weight excluding hydrogens is 494 g/mol. The number of ether oxygens (including phenoxy) is 2. The highest BCUT2D eigenvalue weighted by Gasteiger charge is 2.22. The molecule has 3 aromatic carbocycles. The van der Waals surface area contributed by atoms with Crippen LogP contribution in [0.2, 0.25) is 5.02 Å². The third-order valence-electron chi connectivity index (χ3n) is 4.97. The van der Waals surface area contributed by atoms with Gasteiger partial charge in [0.05, 0.1) is 40.1 Å². The molecule has 1 heterocycles. The number of nitrogens with one attached hydrogen (secondary N) is 2. The lowest BCUT2D eigenvalue weighted by Crippen LogP contribution is -2.21. The summed E-state index contributed by atoms with van der Waals surface area (Å²) < 4.78 is 39.0. The van der Waals surface area contributed by atoms with Crippen molar-refractivity contribution in [1.82, 2.24) is 9.97 Å². The molecule has 0 spiro atoms. The van der Waals surface area contributed by atoms with Crippen molar-refractivity contribution in [3.05, 3.63) is 88.6 Å². The van der Waals surface area contributed by atoms with Crippen molar-refractivity contribution in [1.29, 1.82) is 0 Å². The monoisotopic (exact) mass is 512 g/mol. The van der Waals surface area contributed by atoms with E-state index >= 15 is 4.39 Å². The molecule has 36 heavy (non-hydrogen) atoms. The average Bonchev–Trinajstić information content (AvgIpc) is 2.85. The van der Waals surface area contributed by atoms with Crippen LogP contribution in [0.3, 0.4) is 0 Å². The van der Waals surface area contributed by atoms with Gasteiger partial charge < -0.3 is 20.1 Å². The lowest BCUT2D eigenvalue weighted by molar-refractivity contribution is 0.103. The number of aromatic nitrogens is 2. The fourth-order valence-corrected chi connectivity index (χ4v) is 3.52. The molecule has 0 aliphatic heterocycles. The minimum absolute atomic E-state index is 0.105. The number of hydrogen-bond acceptors (Lipinski definition) is 6. The maximum atomic E-state index is 15.3. The van der Waals surface area contributed by atoms with Crippen LogP contribution in [0.15, 0.2) is 60.8 Å². The van der Waals surface area contributed by atoms with Gasteiger partial charge in [0, 0.05) is 18.4 Å². The maximum absolute atomic E-state index is 15.3. The van der Waals surface area contributed by atoms with Gasteiger partial charge in [0.2, 0.25) is 5.88 Å². The van der Waals surface area contributed by atoms with Gasteiger partial charge in [-0.05, 0) is 48.5 Å². The van der Waals surface area contributed by atoms with Crippen LogP contribution < -0.4 is 15.4 Å². The van der Waals surface area contributed by atoms with E-state index in [4.69, 9.17) is 21.1 Å². The number of methoxy groups -OCH3 is 1. The highest BCUT2D eigenvalue weighted by atomic mass is 35.5. The van der Waals surface area contributed by atoms with Crippen molar-refractivity contribution in [2.75, 3.05) is 31.0 Å². The molecular formula is C25H19ClF2N4O4. The van der Waals surface area contributed by atoms with E-state index in [0.29, 0.717) is 17.6 Å². The molecule has 0 saturated carbocycles. The smallest absolute Gasteiger partial charge is 0.323 e. The number of hydrogen-bond donors (Lipinski definition) is 2. The molecule has 4 aromatic rings. The third kappa shape index (κ3) is 5.73. The van der Waals surface area contributed by atoms with Crippen LogP contribution in [0, 0.1) is 11.6 Å². The van der Waals surface area contributed by atoms with Crippen LogP contribution >= 0.6 is 11.6 Å². The number of rotatable bonds is 8. The fourth-order valence-electron chi connectivity index (χ4n) is 3.29. The number of halogens is 3. The van der Waals surface area contributed by atoms with Gasteiger partial charge in [-0.2, -0.15) is 0 Å². The molecule has 1 aromatic heterocycles. The number of benzene rings is 3. The minimum Gasteiger partial charge on any atom is -0.474 e. The van der Waals surface area contributed by atoms with E-state index < -0.39 is 29.0 Å². The van der Waals surface area contributed by atoms with Crippen LogP contribution in [0.25, 0.3) is 11.0 Å². The number of amides is 2. The van der Waals surface area contributed by atoms with Crippen LogP contribution in [0.5, 0.6) is 5.88 Å². The van der Waals surface area contributed by atoms with E-state index in [2.05, 4.69) is 20.6 Å². The number of carbonyl (C=O) groups excluding carboxylic acids is 2. The van der Waals surface area contributed by atoms with Crippen molar-refractivity contribution < 1.29 is 27.8 Å². The second-order valence-electron chi connectivity index (χ2n) is 7.46. The van der Waals surface area contributed by atoms with Crippen LogP contribution in [-0.2, 0) is 4.74 Å². The normalized spacial score (nSPS) is 10.8. The third-order valence-corrected chi connectivity index (χ3v) is 5.28. The van der Waals surface area contributed by atoms with Gasteiger partial charge >= 0.3 is 6.03 Å². The Kier molecular flexibility index (Phi) is 7.67. The summed E-state index contributed by atoms with van der Waals surface area (Å²) in [5.74, 6) is -2.05. The van der Waals surface area contributed by atoms with E-state index in [-0.39, 0.29) is 34.4 Å². The Morgan fingerprint density at radius 2 is 1.83 bits per heavy atom. The highest BCUT2D eigenvalue weighted by molar-refractivity contribution is 6.35. The van der Waals surface area contributed by atoms with Gasteiger partial charge in [-0.25, -0.2) is 23.5 Å². The molecule has 0 radical (unpaired) electrons. The van der Waals surface area contributed by atoms with Crippen LogP contribution in [-0.4, -0.2) is 42.1 Å². The zero-order valence-corrected chi connectivity index (χ0v) is 19.6. The lowest BCUT2D eigenvalue weighted by Gasteiger charge is -2.12. The molecule has 2 N–H and O–H groups in total. The van der Waals surface area contributed by atoms with Crippen molar-refractivity contribution in [3.63, 3.8) is 0 Å². The van der Waals surface area contributed by atoms with E-state index in [9.17, 15) is 14.0 Å². The number of carbonyl (C=O) groups is 2. The summed E-state index contributed by atoms with van der Waals surface area (Å²) >= 11 is 6.15. The molecule has 8 nitrogen and oxygen atoms in total. The summed E-state index contributed by atoms with van der Waals surface area (Å²) in [4.78, 5) is 34.1. The molecule has 0 aliphatic rings. The van der Waals surface area contributed by atoms with Gasteiger partial charge in [-0.15, -0.1) is 0 Å². The summed E-state index contributed by atoms with van der Waals surface area (Å²) in [6.45, 7) is 0.628. The molecule has 0 atom stereocenters. The van der Waals surface area contributed by atoms with E-state index in [1.807, 2.05) is 0 Å². The fraction of sp³-hybridized carbons (Fsp3) is 0.120. The summed E-state index contributed by atoms with van der Waals surface area (Å²) in [7, 11) is 1.54. The summed E-state index contributed by atoms with van der Waals surface area (Å²) in [6, 6.07) is 11.3. The zero-order chi connectivity index (χ0) is 25.7. The quantitative estimate of drug-likeness (QED) is 0.240. The van der Waals surface area contributed by atoms with Gasteiger partial charge in [0.1, 0.15) is 12.4 Å². The topological polar surface area (TPSA) is 102 Å². The Morgan fingerprint density at radius 1 is 1.00 bits per heavy atom. The molecule has 4 rings (SSSR count). The summed E-state index contributed by atoms with van der Waals surface area (Å²) in [5.41, 5.74) is 0.415. The van der Waals surface area contributed by atoms with Gasteiger partial charge in [-0.1, -0.05) is 17.7 Å². The Hall–Kier alpha value is -4.15. The minimum atomic E-state index is -1.02. The first-order chi connectivity index (χ1) is 17.4. The number of nitrogens with zero attached hydrogens (tertiary/aromatic N) is 2. The first-order valence-corrected chi connectivity index (χ1v) is 11.0. The largest absolute Gasteiger partial charge is 0.474 e. The predicted octanol–water partition coefficient (Wildman–Crippen LogP) is 5.46. The van der Waals surface area contributed by atoms with Crippen LogP contribution in [0.4, 0.5) is 25.0 Å². The molecule has 0 aliphatic carbocycles. The Morgan fingerprint density at radius 3 is 2.61 bits per heavy atom. The zero-order valence-electron chi connectivity index (χ0n) is 18.8. The van der Waals surface area contributed by atoms with E-state index in [1.165, 1.54) is 48.7 Å². The number of urea groups is 1. The lowest BCUT2D eigenvalue weighted by atomic mass is 10.0.